The molecule has 0 aromatic carbocycles. The monoisotopic (exact) mass is 274 g/mol. The molecule has 1 atom stereocenters. The number of aromatic nitrogens is 2. The van der Waals surface area contributed by atoms with Crippen LogP contribution >= 0.6 is 0 Å². The van der Waals surface area contributed by atoms with Gasteiger partial charge in [0.2, 0.25) is 0 Å². The molecular weight excluding hydrogens is 256 g/mol. The summed E-state index contributed by atoms with van der Waals surface area (Å²) >= 11 is 0. The zero-order valence-electron chi connectivity index (χ0n) is 12.0. The molecule has 0 saturated heterocycles. The number of carbonyl (C=O) groups excluding carboxylic acids is 1. The van der Waals surface area contributed by atoms with Gasteiger partial charge in [0.25, 0.3) is 5.91 Å². The van der Waals surface area contributed by atoms with Gasteiger partial charge in [0.1, 0.15) is 11.5 Å². The van der Waals surface area contributed by atoms with Gasteiger partial charge in [-0.1, -0.05) is 5.16 Å². The van der Waals surface area contributed by atoms with E-state index in [-0.39, 0.29) is 11.9 Å². The second-order valence-electron chi connectivity index (χ2n) is 4.61. The lowest BCUT2D eigenvalue weighted by molar-refractivity contribution is 0.0934. The molecule has 2 heterocycles. The van der Waals surface area contributed by atoms with E-state index in [1.165, 1.54) is 0 Å². The first-order chi connectivity index (χ1) is 9.52. The van der Waals surface area contributed by atoms with Crippen molar-refractivity contribution >= 4 is 11.6 Å². The molecule has 0 aliphatic carbocycles. The molecule has 0 aliphatic rings. The fourth-order valence-electron chi connectivity index (χ4n) is 2.16. The van der Waals surface area contributed by atoms with Crippen LogP contribution in [0.4, 0.5) is 5.69 Å². The standard InChI is InChI=1S/C14H18N4O2/c1-8(13-9(2)18-20-10(13)3)17-14(19)12-7-11(15-4)5-6-16-12/h5-8H,1-4H3,(H,15,16)(H,17,19). The van der Waals surface area contributed by atoms with E-state index in [0.29, 0.717) is 11.5 Å². The van der Waals surface area contributed by atoms with Gasteiger partial charge in [0, 0.05) is 24.5 Å². The summed E-state index contributed by atoms with van der Waals surface area (Å²) in [5, 5.41) is 9.77. The fraction of sp³-hybridized carbons (Fsp3) is 0.357. The van der Waals surface area contributed by atoms with Crippen molar-refractivity contribution < 1.29 is 9.32 Å². The quantitative estimate of drug-likeness (QED) is 0.893. The smallest absolute Gasteiger partial charge is 0.270 e. The van der Waals surface area contributed by atoms with E-state index in [0.717, 1.165) is 16.9 Å². The molecule has 2 rings (SSSR count). The third kappa shape index (κ3) is 2.79. The summed E-state index contributed by atoms with van der Waals surface area (Å²) in [7, 11) is 1.80. The van der Waals surface area contributed by atoms with Gasteiger partial charge in [-0.15, -0.1) is 0 Å². The van der Waals surface area contributed by atoms with Crippen molar-refractivity contribution in [3.05, 3.63) is 41.0 Å². The van der Waals surface area contributed by atoms with E-state index in [2.05, 4.69) is 20.8 Å². The Hall–Kier alpha value is -2.37. The van der Waals surface area contributed by atoms with Gasteiger partial charge in [-0.25, -0.2) is 0 Å². The third-order valence-corrected chi connectivity index (χ3v) is 3.15. The highest BCUT2D eigenvalue weighted by Gasteiger charge is 2.19. The van der Waals surface area contributed by atoms with Gasteiger partial charge in [-0.2, -0.15) is 0 Å². The molecule has 20 heavy (non-hydrogen) atoms. The minimum absolute atomic E-state index is 0.186. The van der Waals surface area contributed by atoms with Gasteiger partial charge >= 0.3 is 0 Å². The van der Waals surface area contributed by atoms with E-state index >= 15 is 0 Å². The molecule has 1 amide bonds. The number of carbonyl (C=O) groups is 1. The fourth-order valence-corrected chi connectivity index (χ4v) is 2.16. The van der Waals surface area contributed by atoms with Gasteiger partial charge in [0.15, 0.2) is 0 Å². The summed E-state index contributed by atoms with van der Waals surface area (Å²) in [4.78, 5) is 16.3. The van der Waals surface area contributed by atoms with Crippen LogP contribution in [0.1, 0.15) is 40.5 Å². The molecule has 0 spiro atoms. The van der Waals surface area contributed by atoms with Crippen LogP contribution in [0.25, 0.3) is 0 Å². The van der Waals surface area contributed by atoms with Gasteiger partial charge in [-0.3, -0.25) is 9.78 Å². The average Bonchev–Trinajstić information content (AvgIpc) is 2.78. The lowest BCUT2D eigenvalue weighted by Gasteiger charge is -2.13. The van der Waals surface area contributed by atoms with Gasteiger partial charge < -0.3 is 15.2 Å². The minimum Gasteiger partial charge on any atom is -0.388 e. The molecule has 6 heteroatoms. The second kappa shape index (κ2) is 5.73. The first kappa shape index (κ1) is 14.0. The lowest BCUT2D eigenvalue weighted by atomic mass is 10.1. The van der Waals surface area contributed by atoms with Crippen LogP contribution < -0.4 is 10.6 Å². The lowest BCUT2D eigenvalue weighted by Crippen LogP contribution is -2.28. The van der Waals surface area contributed by atoms with Crippen LogP contribution in [-0.4, -0.2) is 23.1 Å². The highest BCUT2D eigenvalue weighted by atomic mass is 16.5. The topological polar surface area (TPSA) is 80.0 Å². The number of nitrogens with one attached hydrogen (secondary N) is 2. The van der Waals surface area contributed by atoms with Crippen molar-refractivity contribution in [3.8, 4) is 0 Å². The normalized spacial score (nSPS) is 12.0. The van der Waals surface area contributed by atoms with Gasteiger partial charge in [-0.05, 0) is 32.9 Å². The molecule has 6 nitrogen and oxygen atoms in total. The summed E-state index contributed by atoms with van der Waals surface area (Å²) < 4.78 is 5.11. The first-order valence-corrected chi connectivity index (χ1v) is 6.40. The Kier molecular flexibility index (Phi) is 4.02. The molecule has 1 unspecified atom stereocenters. The Morgan fingerprint density at radius 1 is 1.40 bits per heavy atom. The summed E-state index contributed by atoms with van der Waals surface area (Å²) in [5.41, 5.74) is 2.90. The van der Waals surface area contributed by atoms with Gasteiger partial charge in [0.05, 0.1) is 11.7 Å². The van der Waals surface area contributed by atoms with Crippen LogP contribution in [0.2, 0.25) is 0 Å². The maximum Gasteiger partial charge on any atom is 0.270 e. The van der Waals surface area contributed by atoms with Crippen LogP contribution in [0, 0.1) is 13.8 Å². The SMILES string of the molecule is CNc1ccnc(C(=O)NC(C)c2c(C)noc2C)c1. The first-order valence-electron chi connectivity index (χ1n) is 6.40. The summed E-state index contributed by atoms with van der Waals surface area (Å²) in [5.74, 6) is 0.488. The van der Waals surface area contributed by atoms with Crippen molar-refractivity contribution in [2.75, 3.05) is 12.4 Å². The Labute approximate surface area is 117 Å². The number of pyridine rings is 1. The summed E-state index contributed by atoms with van der Waals surface area (Å²) in [6, 6.07) is 3.32. The number of nitrogens with zero attached hydrogens (tertiary/aromatic N) is 2. The predicted octanol–water partition coefficient (Wildman–Crippen LogP) is 2.22. The summed E-state index contributed by atoms with van der Waals surface area (Å²) in [6.45, 7) is 5.58. The number of hydrogen-bond acceptors (Lipinski definition) is 5. The van der Waals surface area contributed by atoms with E-state index in [9.17, 15) is 4.79 Å². The molecule has 0 aliphatic heterocycles. The van der Waals surface area contributed by atoms with E-state index in [4.69, 9.17) is 4.52 Å². The zero-order chi connectivity index (χ0) is 14.7. The number of amides is 1. The molecule has 106 valence electrons. The highest BCUT2D eigenvalue weighted by molar-refractivity contribution is 5.93. The van der Waals surface area contributed by atoms with Crippen LogP contribution in [0.3, 0.4) is 0 Å². The number of hydrogen-bond donors (Lipinski definition) is 2. The predicted molar refractivity (Wildman–Crippen MR) is 75.6 cm³/mol. The zero-order valence-corrected chi connectivity index (χ0v) is 12.0. The molecule has 2 N–H and O–H groups in total. The maximum absolute atomic E-state index is 12.2. The average molecular weight is 274 g/mol. The molecule has 2 aromatic heterocycles. The Morgan fingerprint density at radius 3 is 2.75 bits per heavy atom. The van der Waals surface area contributed by atoms with Crippen LogP contribution in [0.15, 0.2) is 22.9 Å². The molecule has 0 fully saturated rings. The number of rotatable bonds is 4. The van der Waals surface area contributed by atoms with Crippen LogP contribution in [0.5, 0.6) is 0 Å². The molecule has 2 aromatic rings. The Balaban J connectivity index is 2.15. The van der Waals surface area contributed by atoms with Crippen LogP contribution in [-0.2, 0) is 0 Å². The van der Waals surface area contributed by atoms with Crippen molar-refractivity contribution in [2.24, 2.45) is 0 Å². The molecule has 0 radical (unpaired) electrons. The highest BCUT2D eigenvalue weighted by Crippen LogP contribution is 2.21. The van der Waals surface area contributed by atoms with Crippen molar-refractivity contribution in [1.82, 2.24) is 15.5 Å². The van der Waals surface area contributed by atoms with E-state index in [1.54, 1.807) is 25.4 Å². The van der Waals surface area contributed by atoms with E-state index in [1.807, 2.05) is 20.8 Å². The Bertz CT molecular complexity index is 602. The van der Waals surface area contributed by atoms with Crippen molar-refractivity contribution in [2.45, 2.75) is 26.8 Å². The molecule has 0 bridgehead atoms. The van der Waals surface area contributed by atoms with Crippen molar-refractivity contribution in [3.63, 3.8) is 0 Å². The molecule has 0 saturated carbocycles. The second-order valence-corrected chi connectivity index (χ2v) is 4.61. The largest absolute Gasteiger partial charge is 0.388 e. The Morgan fingerprint density at radius 2 is 2.15 bits per heavy atom. The maximum atomic E-state index is 12.2. The number of aryl methyl sites for hydroxylation is 2. The summed E-state index contributed by atoms with van der Waals surface area (Å²) in [6.07, 6.45) is 1.60. The van der Waals surface area contributed by atoms with Crippen molar-refractivity contribution in [1.29, 1.82) is 0 Å². The van der Waals surface area contributed by atoms with E-state index < -0.39 is 0 Å². The minimum atomic E-state index is -0.227. The number of anilines is 1. The molecular formula is C14H18N4O2. The third-order valence-electron chi connectivity index (χ3n) is 3.15.